The Balaban J connectivity index is 1.83. The van der Waals surface area contributed by atoms with Gasteiger partial charge in [0, 0.05) is 17.3 Å². The van der Waals surface area contributed by atoms with E-state index in [1.807, 2.05) is 0 Å². The summed E-state index contributed by atoms with van der Waals surface area (Å²) in [4.78, 5) is 11.0. The van der Waals surface area contributed by atoms with Crippen molar-refractivity contribution in [2.24, 2.45) is 0 Å². The number of nitrogens with zero attached hydrogens (tertiary/aromatic N) is 5. The molecule has 7 nitrogen and oxygen atoms in total. The summed E-state index contributed by atoms with van der Waals surface area (Å²) in [5.41, 5.74) is 1.85. The molecule has 11 heteroatoms. The summed E-state index contributed by atoms with van der Waals surface area (Å²) in [7, 11) is 0. The van der Waals surface area contributed by atoms with E-state index < -0.39 is 18.4 Å². The van der Waals surface area contributed by atoms with Gasteiger partial charge in [-0.1, -0.05) is 0 Å². The molecule has 2 N–H and O–H groups in total. The Morgan fingerprint density at radius 2 is 1.79 bits per heavy atom. The summed E-state index contributed by atoms with van der Waals surface area (Å²) in [5, 5.41) is 13.5. The molecule has 3 heterocycles. The largest absolute Gasteiger partial charge is 0.396 e. The Morgan fingerprint density at radius 1 is 1.00 bits per heavy atom. The Morgan fingerprint density at radius 3 is 2.46 bits per heavy atom. The maximum absolute atomic E-state index is 13.3. The summed E-state index contributed by atoms with van der Waals surface area (Å²) >= 11 is 0. The Bertz CT molecular complexity index is 1090. The first-order valence-corrected chi connectivity index (χ1v) is 8.01. The molecule has 0 aliphatic heterocycles. The number of H-pyrrole nitrogens is 2. The highest BCUT2D eigenvalue weighted by Crippen LogP contribution is 2.32. The number of aromatic nitrogens is 7. The van der Waals surface area contributed by atoms with Crippen molar-refractivity contribution in [1.82, 2.24) is 35.6 Å². The van der Waals surface area contributed by atoms with Crippen LogP contribution in [0.4, 0.5) is 17.6 Å². The number of imidazole rings is 1. The molecule has 0 amide bonds. The molecule has 4 aromatic rings. The lowest BCUT2D eigenvalue weighted by molar-refractivity contribution is -0.128. The van der Waals surface area contributed by atoms with Crippen LogP contribution in [0.25, 0.3) is 34.0 Å². The smallest absolute Gasteiger partial charge is 0.341 e. The molecule has 3 aromatic heterocycles. The highest BCUT2D eigenvalue weighted by atomic mass is 19.4. The quantitative estimate of drug-likeness (QED) is 0.520. The summed E-state index contributed by atoms with van der Waals surface area (Å²) in [6.07, 6.45) is -4.20. The second-order valence-electron chi connectivity index (χ2n) is 5.87. The zero-order valence-electron chi connectivity index (χ0n) is 14.0. The predicted molar refractivity (Wildman–Crippen MR) is 90.1 cm³/mol. The van der Waals surface area contributed by atoms with Gasteiger partial charge in [-0.15, -0.1) is 10.2 Å². The molecule has 28 heavy (non-hydrogen) atoms. The number of alkyl halides is 3. The number of benzene rings is 1. The molecule has 0 unspecified atom stereocenters. The number of halogens is 4. The molecular formula is C17H11F4N7. The van der Waals surface area contributed by atoms with Gasteiger partial charge in [-0.3, -0.25) is 4.98 Å². The van der Waals surface area contributed by atoms with Crippen LogP contribution in [-0.4, -0.2) is 41.8 Å². The molecule has 0 atom stereocenters. The van der Waals surface area contributed by atoms with Gasteiger partial charge in [0.25, 0.3) is 0 Å². The van der Waals surface area contributed by atoms with Crippen molar-refractivity contribution in [3.63, 3.8) is 0 Å². The molecule has 0 fully saturated rings. The molecule has 0 radical (unpaired) electrons. The summed E-state index contributed by atoms with van der Waals surface area (Å²) in [5.74, 6) is -0.427. The lowest BCUT2D eigenvalue weighted by Crippen LogP contribution is -2.12. The number of hydrogen-bond donors (Lipinski definition) is 2. The topological polar surface area (TPSA) is 96.0 Å². The predicted octanol–water partition coefficient (Wildman–Crippen LogP) is 3.56. The van der Waals surface area contributed by atoms with Gasteiger partial charge >= 0.3 is 6.18 Å². The fourth-order valence-corrected chi connectivity index (χ4v) is 2.69. The maximum Gasteiger partial charge on any atom is 0.396 e. The second-order valence-corrected chi connectivity index (χ2v) is 5.87. The number of hydrogen-bond acceptors (Lipinski definition) is 5. The van der Waals surface area contributed by atoms with Crippen LogP contribution in [0.1, 0.15) is 5.82 Å². The molecule has 0 aliphatic carbocycles. The minimum absolute atomic E-state index is 0.205. The zero-order chi connectivity index (χ0) is 19.7. The average Bonchev–Trinajstić information content (AvgIpc) is 3.31. The van der Waals surface area contributed by atoms with E-state index in [2.05, 4.69) is 35.6 Å². The van der Waals surface area contributed by atoms with Crippen LogP contribution in [0, 0.1) is 5.82 Å². The Labute approximate surface area is 154 Å². The zero-order valence-corrected chi connectivity index (χ0v) is 14.0. The molecule has 0 bridgehead atoms. The number of aromatic amines is 2. The van der Waals surface area contributed by atoms with Gasteiger partial charge in [-0.2, -0.15) is 18.4 Å². The van der Waals surface area contributed by atoms with Crippen molar-refractivity contribution in [3.05, 3.63) is 54.2 Å². The van der Waals surface area contributed by atoms with Gasteiger partial charge in [0.05, 0.1) is 11.4 Å². The van der Waals surface area contributed by atoms with E-state index in [1.54, 1.807) is 12.1 Å². The van der Waals surface area contributed by atoms with Gasteiger partial charge < -0.3 is 4.98 Å². The average molecular weight is 389 g/mol. The van der Waals surface area contributed by atoms with Gasteiger partial charge in [-0.05, 0) is 41.6 Å². The molecule has 0 aliphatic rings. The normalized spacial score (nSPS) is 11.7. The lowest BCUT2D eigenvalue weighted by Gasteiger charge is -2.04. The van der Waals surface area contributed by atoms with Crippen LogP contribution in [0.5, 0.6) is 0 Å². The van der Waals surface area contributed by atoms with E-state index in [4.69, 9.17) is 0 Å². The third-order valence-electron chi connectivity index (χ3n) is 3.86. The van der Waals surface area contributed by atoms with E-state index >= 15 is 0 Å². The van der Waals surface area contributed by atoms with Crippen molar-refractivity contribution < 1.29 is 17.6 Å². The molecule has 1 aromatic carbocycles. The summed E-state index contributed by atoms with van der Waals surface area (Å²) in [6.45, 7) is 0. The molecule has 0 spiro atoms. The highest BCUT2D eigenvalue weighted by molar-refractivity contribution is 5.78. The fourth-order valence-electron chi connectivity index (χ4n) is 2.69. The molecule has 0 saturated heterocycles. The van der Waals surface area contributed by atoms with Gasteiger partial charge in [0.1, 0.15) is 23.8 Å². The van der Waals surface area contributed by atoms with Gasteiger partial charge in [0.2, 0.25) is 5.82 Å². The fraction of sp³-hybridized carbons (Fsp3) is 0.118. The van der Waals surface area contributed by atoms with Crippen molar-refractivity contribution in [2.45, 2.75) is 12.6 Å². The van der Waals surface area contributed by atoms with Gasteiger partial charge in [-0.25, -0.2) is 9.37 Å². The number of pyridine rings is 1. The van der Waals surface area contributed by atoms with Crippen LogP contribution in [0.15, 0.2) is 42.6 Å². The lowest BCUT2D eigenvalue weighted by atomic mass is 10.1. The van der Waals surface area contributed by atoms with E-state index in [0.29, 0.717) is 28.3 Å². The minimum Gasteiger partial charge on any atom is -0.341 e. The number of tetrazole rings is 1. The number of nitrogens with one attached hydrogen (secondary N) is 2. The Hall–Kier alpha value is -3.63. The van der Waals surface area contributed by atoms with Gasteiger partial charge in [0.15, 0.2) is 0 Å². The first-order valence-electron chi connectivity index (χ1n) is 8.01. The molecular weight excluding hydrogens is 378 g/mol. The minimum atomic E-state index is -4.44. The SMILES string of the molecule is Fc1ccc(-c2[nH]c(CC(F)(F)F)nc2-c2cc(-c3nn[nH]n3)ccn2)cc1. The van der Waals surface area contributed by atoms with Crippen molar-refractivity contribution >= 4 is 0 Å². The summed E-state index contributed by atoms with van der Waals surface area (Å²) in [6, 6.07) is 8.55. The first kappa shape index (κ1) is 17.8. The maximum atomic E-state index is 13.3. The number of rotatable bonds is 4. The first-order chi connectivity index (χ1) is 13.4. The Kier molecular flexibility index (Phi) is 4.34. The van der Waals surface area contributed by atoms with Crippen LogP contribution >= 0.6 is 0 Å². The van der Waals surface area contributed by atoms with Crippen molar-refractivity contribution in [3.8, 4) is 34.0 Å². The highest BCUT2D eigenvalue weighted by Gasteiger charge is 2.30. The van der Waals surface area contributed by atoms with E-state index in [9.17, 15) is 17.6 Å². The summed E-state index contributed by atoms with van der Waals surface area (Å²) < 4.78 is 51.8. The molecule has 142 valence electrons. The van der Waals surface area contributed by atoms with Crippen molar-refractivity contribution in [1.29, 1.82) is 0 Å². The van der Waals surface area contributed by atoms with Crippen LogP contribution < -0.4 is 0 Å². The molecule has 0 saturated carbocycles. The van der Waals surface area contributed by atoms with Crippen LogP contribution in [0.2, 0.25) is 0 Å². The monoisotopic (exact) mass is 389 g/mol. The van der Waals surface area contributed by atoms with Crippen molar-refractivity contribution in [2.75, 3.05) is 0 Å². The second kappa shape index (κ2) is 6.83. The van der Waals surface area contributed by atoms with Crippen LogP contribution in [-0.2, 0) is 6.42 Å². The van der Waals surface area contributed by atoms with E-state index in [1.165, 1.54) is 30.5 Å². The third-order valence-corrected chi connectivity index (χ3v) is 3.86. The molecule has 4 rings (SSSR count). The third kappa shape index (κ3) is 3.72. The standard InChI is InChI=1S/C17H11F4N7/c18-11-3-1-9(2-4-11)14-15(24-13(23-14)8-17(19,20)21)12-7-10(5-6-22-12)16-25-27-28-26-16/h1-7H,8H2,(H,23,24)(H,25,26,27,28). The van der Waals surface area contributed by atoms with Crippen LogP contribution in [0.3, 0.4) is 0 Å². The van der Waals surface area contributed by atoms with E-state index in [0.717, 1.165) is 0 Å². The van der Waals surface area contributed by atoms with E-state index in [-0.39, 0.29) is 11.5 Å².